The maximum Gasteiger partial charge on any atom is 0.131 e. The van der Waals surface area contributed by atoms with Crippen LogP contribution in [0.1, 0.15) is 6.42 Å². The predicted octanol–water partition coefficient (Wildman–Crippen LogP) is 1.53. The summed E-state index contributed by atoms with van der Waals surface area (Å²) in [5.74, 6) is 3.13. The van der Waals surface area contributed by atoms with E-state index in [1.165, 1.54) is 0 Å². The van der Waals surface area contributed by atoms with E-state index in [2.05, 4.69) is 10.6 Å². The average Bonchev–Trinajstić information content (AvgIpc) is 2.10. The van der Waals surface area contributed by atoms with Gasteiger partial charge < -0.3 is 4.52 Å². The second-order valence-corrected chi connectivity index (χ2v) is 7.52. The molecule has 2 nitrogen and oxygen atoms in total. The van der Waals surface area contributed by atoms with Crippen LogP contribution in [0.15, 0.2) is 0 Å². The first kappa shape index (κ1) is 10.2. The van der Waals surface area contributed by atoms with E-state index in [-0.39, 0.29) is 0 Å². The molecule has 12 heavy (non-hydrogen) atoms. The second-order valence-electron chi connectivity index (χ2n) is 3.04. The van der Waals surface area contributed by atoms with Gasteiger partial charge in [0, 0.05) is 25.7 Å². The molecule has 0 N–H and O–H groups in total. The minimum atomic E-state index is -1.66. The van der Waals surface area contributed by atoms with E-state index in [1.54, 1.807) is 7.11 Å². The van der Waals surface area contributed by atoms with Gasteiger partial charge in [-0.15, -0.1) is 12.3 Å². The van der Waals surface area contributed by atoms with Crippen molar-refractivity contribution in [2.24, 2.45) is 5.92 Å². The molecule has 0 saturated carbocycles. The van der Waals surface area contributed by atoms with Gasteiger partial charge in [-0.3, -0.25) is 4.67 Å². The minimum Gasteiger partial charge on any atom is -0.341 e. The van der Waals surface area contributed by atoms with Crippen LogP contribution in [0.3, 0.4) is 0 Å². The average molecular weight is 203 g/mol. The highest BCUT2D eigenvalue weighted by Crippen LogP contribution is 2.53. The highest BCUT2D eigenvalue weighted by molar-refractivity contribution is 8.11. The first-order valence-electron chi connectivity index (χ1n) is 3.95. The number of rotatable bonds is 1. The molecule has 0 aromatic heterocycles. The maximum atomic E-state index is 5.42. The highest BCUT2D eigenvalue weighted by atomic mass is 32.4. The Kier molecular flexibility index (Phi) is 3.31. The van der Waals surface area contributed by atoms with E-state index in [1.807, 2.05) is 7.05 Å². The lowest BCUT2D eigenvalue weighted by Gasteiger charge is -2.36. The van der Waals surface area contributed by atoms with Crippen LogP contribution in [-0.4, -0.2) is 31.5 Å². The Bertz CT molecular complexity index is 248. The Morgan fingerprint density at radius 1 is 1.75 bits per heavy atom. The molecule has 0 amide bonds. The van der Waals surface area contributed by atoms with Gasteiger partial charge in [0.25, 0.3) is 0 Å². The molecule has 1 aliphatic heterocycles. The predicted molar refractivity (Wildman–Crippen MR) is 55.7 cm³/mol. The summed E-state index contributed by atoms with van der Waals surface area (Å²) in [6.45, 7) is 0.890. The van der Waals surface area contributed by atoms with Crippen molar-refractivity contribution in [1.29, 1.82) is 0 Å². The zero-order chi connectivity index (χ0) is 9.19. The molecular weight excluding hydrogens is 189 g/mol. The third-order valence-corrected chi connectivity index (χ3v) is 6.71. The van der Waals surface area contributed by atoms with Crippen molar-refractivity contribution in [3.63, 3.8) is 0 Å². The van der Waals surface area contributed by atoms with E-state index < -0.39 is 6.42 Å². The first-order chi connectivity index (χ1) is 5.62. The molecule has 0 aromatic rings. The summed E-state index contributed by atoms with van der Waals surface area (Å²) in [5.41, 5.74) is 0. The monoisotopic (exact) mass is 203 g/mol. The van der Waals surface area contributed by atoms with Gasteiger partial charge in [-0.1, -0.05) is 11.8 Å². The fourth-order valence-electron chi connectivity index (χ4n) is 1.39. The summed E-state index contributed by atoms with van der Waals surface area (Å²) in [5, 5.41) is 0. The van der Waals surface area contributed by atoms with E-state index >= 15 is 0 Å². The van der Waals surface area contributed by atoms with E-state index in [4.69, 9.17) is 22.8 Å². The largest absolute Gasteiger partial charge is 0.341 e. The minimum absolute atomic E-state index is 0.362. The van der Waals surface area contributed by atoms with Crippen LogP contribution >= 0.6 is 6.42 Å². The van der Waals surface area contributed by atoms with Gasteiger partial charge in [0.2, 0.25) is 0 Å². The Morgan fingerprint density at radius 3 is 2.83 bits per heavy atom. The summed E-state index contributed by atoms with van der Waals surface area (Å²) in [7, 11) is 3.71. The Balaban J connectivity index is 2.67. The molecule has 0 aliphatic carbocycles. The van der Waals surface area contributed by atoms with Crippen LogP contribution in [0.4, 0.5) is 0 Å². The van der Waals surface area contributed by atoms with Gasteiger partial charge in [-0.25, -0.2) is 0 Å². The second kappa shape index (κ2) is 3.89. The molecule has 68 valence electrons. The van der Waals surface area contributed by atoms with Crippen molar-refractivity contribution in [2.45, 2.75) is 6.42 Å². The fourth-order valence-corrected chi connectivity index (χ4v) is 3.79. The van der Waals surface area contributed by atoms with Crippen molar-refractivity contribution < 1.29 is 4.52 Å². The van der Waals surface area contributed by atoms with E-state index in [0.29, 0.717) is 5.92 Å². The summed E-state index contributed by atoms with van der Waals surface area (Å²) < 4.78 is 7.49. The maximum absolute atomic E-state index is 5.42. The molecule has 2 atom stereocenters. The molecule has 0 radical (unpaired) electrons. The number of terminal acetylenes is 1. The van der Waals surface area contributed by atoms with Crippen LogP contribution in [-0.2, 0) is 16.3 Å². The van der Waals surface area contributed by atoms with Gasteiger partial charge >= 0.3 is 0 Å². The molecular formula is C8H14NOPS. The van der Waals surface area contributed by atoms with Crippen molar-refractivity contribution in [3.05, 3.63) is 0 Å². The van der Waals surface area contributed by atoms with Gasteiger partial charge in [-0.05, 0) is 13.5 Å². The summed E-state index contributed by atoms with van der Waals surface area (Å²) in [6.07, 6.45) is 5.66. The number of hydrogen-bond acceptors (Lipinski definition) is 2. The fraction of sp³-hybridized carbons (Fsp3) is 0.750. The Morgan fingerprint density at radius 2 is 2.42 bits per heavy atom. The lowest BCUT2D eigenvalue weighted by Crippen LogP contribution is -2.30. The quantitative estimate of drug-likeness (QED) is 0.473. The van der Waals surface area contributed by atoms with Crippen LogP contribution in [0.25, 0.3) is 0 Å². The third kappa shape index (κ3) is 1.89. The Labute approximate surface area is 79.4 Å². The van der Waals surface area contributed by atoms with Crippen molar-refractivity contribution in [2.75, 3.05) is 26.9 Å². The normalized spacial score (nSPS) is 37.6. The topological polar surface area (TPSA) is 12.5 Å². The van der Waals surface area contributed by atoms with Crippen molar-refractivity contribution in [3.8, 4) is 12.3 Å². The molecule has 1 fully saturated rings. The summed E-state index contributed by atoms with van der Waals surface area (Å²) >= 11 is 5.42. The molecule has 1 saturated heterocycles. The van der Waals surface area contributed by atoms with Crippen LogP contribution in [0, 0.1) is 18.3 Å². The van der Waals surface area contributed by atoms with Crippen molar-refractivity contribution >= 4 is 18.2 Å². The SMILES string of the molecule is C#CC1CCP(=S)(OC)N(C)C1. The van der Waals surface area contributed by atoms with Gasteiger partial charge in [-0.2, -0.15) is 0 Å². The zero-order valence-electron chi connectivity index (χ0n) is 7.49. The molecule has 0 aromatic carbocycles. The summed E-state index contributed by atoms with van der Waals surface area (Å²) in [4.78, 5) is 0. The van der Waals surface area contributed by atoms with Crippen LogP contribution in [0.5, 0.6) is 0 Å². The molecule has 1 rings (SSSR count). The van der Waals surface area contributed by atoms with Crippen LogP contribution < -0.4 is 0 Å². The van der Waals surface area contributed by atoms with Gasteiger partial charge in [0.05, 0.1) is 0 Å². The number of hydrogen-bond donors (Lipinski definition) is 0. The molecule has 0 spiro atoms. The zero-order valence-corrected chi connectivity index (χ0v) is 9.20. The lowest BCUT2D eigenvalue weighted by molar-refractivity contribution is 0.347. The van der Waals surface area contributed by atoms with Gasteiger partial charge in [0.15, 0.2) is 0 Å². The first-order valence-corrected chi connectivity index (χ1v) is 6.81. The van der Waals surface area contributed by atoms with Crippen molar-refractivity contribution in [1.82, 2.24) is 4.67 Å². The Hall–Kier alpha value is 0.130. The molecule has 1 heterocycles. The summed E-state index contributed by atoms with van der Waals surface area (Å²) in [6, 6.07) is 0. The molecule has 2 unspecified atom stereocenters. The van der Waals surface area contributed by atoms with E-state index in [9.17, 15) is 0 Å². The standard InChI is InChI=1S/C8H14NOPS/c1-4-8-5-6-11(12,10-3)9(2)7-8/h1,8H,5-7H2,2-3H3. The molecule has 0 bridgehead atoms. The van der Waals surface area contributed by atoms with Gasteiger partial charge in [0.1, 0.15) is 6.42 Å². The lowest BCUT2D eigenvalue weighted by atomic mass is 10.1. The molecule has 1 aliphatic rings. The van der Waals surface area contributed by atoms with E-state index in [0.717, 1.165) is 19.1 Å². The highest BCUT2D eigenvalue weighted by Gasteiger charge is 2.29. The molecule has 4 heteroatoms. The number of nitrogens with zero attached hydrogens (tertiary/aromatic N) is 1. The smallest absolute Gasteiger partial charge is 0.131 e. The van der Waals surface area contributed by atoms with Crippen LogP contribution in [0.2, 0.25) is 0 Å². The third-order valence-electron chi connectivity index (χ3n) is 2.29.